The number of rotatable bonds is 5. The summed E-state index contributed by atoms with van der Waals surface area (Å²) in [4.78, 5) is 47.7. The number of aromatic nitrogens is 3. The van der Waals surface area contributed by atoms with Gasteiger partial charge in [0.1, 0.15) is 6.61 Å². The van der Waals surface area contributed by atoms with Crippen LogP contribution in [-0.2, 0) is 16.1 Å². The van der Waals surface area contributed by atoms with Gasteiger partial charge in [0.25, 0.3) is 0 Å². The molecule has 2 N–H and O–H groups in total. The van der Waals surface area contributed by atoms with E-state index in [2.05, 4.69) is 17.0 Å². The summed E-state index contributed by atoms with van der Waals surface area (Å²) in [6.07, 6.45) is -0.0216. The Kier molecular flexibility index (Phi) is 4.52. The highest BCUT2D eigenvalue weighted by Crippen LogP contribution is 1.84. The Morgan fingerprint density at radius 3 is 2.41 bits per heavy atom. The summed E-state index contributed by atoms with van der Waals surface area (Å²) < 4.78 is 5.40. The molecule has 1 aromatic rings. The second-order valence-electron chi connectivity index (χ2n) is 2.93. The second-order valence-corrected chi connectivity index (χ2v) is 3.27. The maximum Gasteiger partial charge on any atom is 0.333 e. The number of thiocarbonyl (C=S) groups is 1. The standard InChI is InChI=1S/C8H9N3O5S/c12-5(1-4-17)16-3-2-11-7(14)9-6(13)10-8(11)15/h4H,1-3H2,(H2,9,10,13,14,15). The van der Waals surface area contributed by atoms with Crippen LogP contribution in [0, 0.1) is 0 Å². The molecule has 1 aromatic heterocycles. The summed E-state index contributed by atoms with van der Waals surface area (Å²) >= 11 is 4.45. The van der Waals surface area contributed by atoms with Crippen LogP contribution in [0.5, 0.6) is 0 Å². The highest BCUT2D eigenvalue weighted by Gasteiger charge is 2.04. The quantitative estimate of drug-likeness (QED) is 0.474. The molecule has 0 radical (unpaired) electrons. The molecule has 17 heavy (non-hydrogen) atoms. The van der Waals surface area contributed by atoms with Gasteiger partial charge in [0, 0.05) is 0 Å². The molecular weight excluding hydrogens is 250 g/mol. The van der Waals surface area contributed by atoms with Gasteiger partial charge in [0.05, 0.1) is 13.0 Å². The lowest BCUT2D eigenvalue weighted by Crippen LogP contribution is -2.44. The molecule has 0 fully saturated rings. The Morgan fingerprint density at radius 1 is 1.29 bits per heavy atom. The third-order valence-electron chi connectivity index (χ3n) is 1.76. The van der Waals surface area contributed by atoms with E-state index in [1.807, 2.05) is 9.97 Å². The molecule has 0 bridgehead atoms. The molecule has 1 heterocycles. The molecule has 0 saturated heterocycles. The molecule has 0 spiro atoms. The van der Waals surface area contributed by atoms with E-state index in [0.29, 0.717) is 4.57 Å². The number of ether oxygens (including phenoxy) is 1. The summed E-state index contributed by atoms with van der Waals surface area (Å²) in [7, 11) is 0. The van der Waals surface area contributed by atoms with Gasteiger partial charge in [-0.25, -0.2) is 19.0 Å². The maximum absolute atomic E-state index is 11.2. The normalized spacial score (nSPS) is 9.88. The van der Waals surface area contributed by atoms with Gasteiger partial charge in [-0.1, -0.05) is 12.2 Å². The van der Waals surface area contributed by atoms with Crippen molar-refractivity contribution in [2.24, 2.45) is 0 Å². The zero-order valence-corrected chi connectivity index (χ0v) is 9.41. The number of carbonyl (C=O) groups excluding carboxylic acids is 1. The number of hydrogen-bond donors (Lipinski definition) is 2. The lowest BCUT2D eigenvalue weighted by atomic mass is 10.5. The molecule has 0 amide bonds. The van der Waals surface area contributed by atoms with Crippen molar-refractivity contribution < 1.29 is 9.53 Å². The molecule has 0 unspecified atom stereocenters. The van der Waals surface area contributed by atoms with E-state index in [1.165, 1.54) is 5.37 Å². The Bertz CT molecular complexity index is 550. The van der Waals surface area contributed by atoms with Crippen LogP contribution in [-0.4, -0.2) is 32.5 Å². The van der Waals surface area contributed by atoms with Crippen LogP contribution >= 0.6 is 12.2 Å². The highest BCUT2D eigenvalue weighted by atomic mass is 32.1. The van der Waals surface area contributed by atoms with Gasteiger partial charge in [-0.15, -0.1) is 0 Å². The Hall–Kier alpha value is -2.03. The molecule has 0 aromatic carbocycles. The van der Waals surface area contributed by atoms with Crippen molar-refractivity contribution in [3.63, 3.8) is 0 Å². The van der Waals surface area contributed by atoms with Crippen LogP contribution in [0.4, 0.5) is 0 Å². The van der Waals surface area contributed by atoms with Crippen LogP contribution in [0.15, 0.2) is 14.4 Å². The fraction of sp³-hybridized carbons (Fsp3) is 0.375. The molecule has 0 aliphatic carbocycles. The topological polar surface area (TPSA) is 114 Å². The van der Waals surface area contributed by atoms with Crippen LogP contribution in [0.25, 0.3) is 0 Å². The van der Waals surface area contributed by atoms with Crippen molar-refractivity contribution in [3.05, 3.63) is 31.5 Å². The predicted molar refractivity (Wildman–Crippen MR) is 61.2 cm³/mol. The third-order valence-corrected chi connectivity index (χ3v) is 1.93. The largest absolute Gasteiger partial charge is 0.464 e. The molecule has 0 aliphatic rings. The van der Waals surface area contributed by atoms with Crippen LogP contribution < -0.4 is 17.1 Å². The highest BCUT2D eigenvalue weighted by molar-refractivity contribution is 7.79. The number of nitrogens with zero attached hydrogens (tertiary/aromatic N) is 1. The van der Waals surface area contributed by atoms with Crippen molar-refractivity contribution in [1.82, 2.24) is 14.5 Å². The van der Waals surface area contributed by atoms with Crippen molar-refractivity contribution in [1.29, 1.82) is 0 Å². The molecule has 8 nitrogen and oxygen atoms in total. The van der Waals surface area contributed by atoms with E-state index in [-0.39, 0.29) is 19.6 Å². The van der Waals surface area contributed by atoms with Crippen LogP contribution in [0.2, 0.25) is 0 Å². The Labute approximate surface area is 99.2 Å². The average molecular weight is 259 g/mol. The number of hydrogen-bond acceptors (Lipinski definition) is 6. The molecule has 1 rings (SSSR count). The van der Waals surface area contributed by atoms with E-state index in [4.69, 9.17) is 0 Å². The number of nitrogens with one attached hydrogen (secondary N) is 2. The van der Waals surface area contributed by atoms with Crippen molar-refractivity contribution >= 4 is 23.6 Å². The lowest BCUT2D eigenvalue weighted by Gasteiger charge is -2.04. The predicted octanol–water partition coefficient (Wildman–Crippen LogP) is -1.84. The fourth-order valence-electron chi connectivity index (χ4n) is 1.03. The van der Waals surface area contributed by atoms with Crippen molar-refractivity contribution in [2.75, 3.05) is 6.61 Å². The monoisotopic (exact) mass is 259 g/mol. The molecule has 92 valence electrons. The fourth-order valence-corrected chi connectivity index (χ4v) is 1.17. The van der Waals surface area contributed by atoms with Crippen molar-refractivity contribution in [3.8, 4) is 0 Å². The molecule has 0 aliphatic heterocycles. The minimum absolute atomic E-state index is 0.0216. The number of carbonyl (C=O) groups is 1. The third kappa shape index (κ3) is 3.79. The maximum atomic E-state index is 11.2. The van der Waals surface area contributed by atoms with E-state index in [1.54, 1.807) is 0 Å². The molecule has 0 atom stereocenters. The first-order chi connectivity index (χ1) is 8.04. The van der Waals surface area contributed by atoms with Crippen molar-refractivity contribution in [2.45, 2.75) is 13.0 Å². The molecule has 0 saturated carbocycles. The van der Waals surface area contributed by atoms with Gasteiger partial charge in [-0.05, 0) is 5.37 Å². The van der Waals surface area contributed by atoms with Gasteiger partial charge in [-0.3, -0.25) is 14.8 Å². The lowest BCUT2D eigenvalue weighted by molar-refractivity contribution is -0.142. The van der Waals surface area contributed by atoms with E-state index < -0.39 is 23.0 Å². The first-order valence-electron chi connectivity index (χ1n) is 4.57. The first-order valence-corrected chi connectivity index (χ1v) is 5.04. The van der Waals surface area contributed by atoms with Gasteiger partial charge in [0.2, 0.25) is 0 Å². The number of H-pyrrole nitrogens is 2. The molecule has 9 heteroatoms. The second kappa shape index (κ2) is 5.89. The summed E-state index contributed by atoms with van der Waals surface area (Å²) in [6, 6.07) is 0. The Balaban J connectivity index is 2.68. The van der Waals surface area contributed by atoms with E-state index in [9.17, 15) is 19.2 Å². The average Bonchev–Trinajstić information content (AvgIpc) is 2.22. The Morgan fingerprint density at radius 2 is 1.88 bits per heavy atom. The summed E-state index contributed by atoms with van der Waals surface area (Å²) in [5.74, 6) is -0.547. The zero-order valence-electron chi connectivity index (χ0n) is 8.60. The zero-order chi connectivity index (χ0) is 12.8. The van der Waals surface area contributed by atoms with Crippen LogP contribution in [0.3, 0.4) is 0 Å². The van der Waals surface area contributed by atoms with Gasteiger partial charge in [-0.2, -0.15) is 0 Å². The summed E-state index contributed by atoms with van der Waals surface area (Å²) in [5, 5.41) is 1.21. The van der Waals surface area contributed by atoms with Gasteiger partial charge in [0.15, 0.2) is 0 Å². The smallest absolute Gasteiger partial charge is 0.333 e. The van der Waals surface area contributed by atoms with Crippen LogP contribution in [0.1, 0.15) is 6.42 Å². The SMILES string of the molecule is O=C(CC=S)OCCn1c(=O)[nH]c(=O)[nH]c1=O. The minimum atomic E-state index is -0.881. The number of aromatic amines is 2. The summed E-state index contributed by atoms with van der Waals surface area (Å²) in [5.41, 5.74) is -2.59. The van der Waals surface area contributed by atoms with E-state index >= 15 is 0 Å². The summed E-state index contributed by atoms with van der Waals surface area (Å²) in [6.45, 7) is -0.300. The molecular formula is C8H9N3O5S. The number of esters is 1. The van der Waals surface area contributed by atoms with Gasteiger partial charge >= 0.3 is 23.0 Å². The van der Waals surface area contributed by atoms with Gasteiger partial charge < -0.3 is 4.74 Å². The first kappa shape index (κ1) is 13.0. The minimum Gasteiger partial charge on any atom is -0.464 e. The van der Waals surface area contributed by atoms with E-state index in [0.717, 1.165) is 0 Å².